The average Bonchev–Trinajstić information content (AvgIpc) is 3.90. The lowest BCUT2D eigenvalue weighted by atomic mass is 9.95. The fraction of sp³-hybridized carbons (Fsp3) is 0.500. The van der Waals surface area contributed by atoms with Crippen LogP contribution in [0.1, 0.15) is 91.7 Å². The number of hydrogen-bond donors (Lipinski definition) is 11. The van der Waals surface area contributed by atoms with Gasteiger partial charge in [-0.05, 0) is 60.3 Å². The van der Waals surface area contributed by atoms with Crippen LogP contribution in [0.2, 0.25) is 0 Å². The van der Waals surface area contributed by atoms with Crippen LogP contribution in [0.25, 0.3) is 21.8 Å². The van der Waals surface area contributed by atoms with Crippen molar-refractivity contribution in [2.45, 2.75) is 130 Å². The van der Waals surface area contributed by atoms with Crippen molar-refractivity contribution in [2.24, 2.45) is 39.9 Å². The van der Waals surface area contributed by atoms with Crippen LogP contribution in [0, 0.1) is 17.8 Å². The summed E-state index contributed by atoms with van der Waals surface area (Å²) in [5.41, 5.74) is 20.1. The van der Waals surface area contributed by atoms with Gasteiger partial charge in [0.2, 0.25) is 41.4 Å². The number of hydrogen-bond acceptors (Lipinski definition) is 8. The molecular weight excluding hydrogens is 857 g/mol. The zero-order chi connectivity index (χ0) is 49.4. The molecule has 0 fully saturated rings. The minimum absolute atomic E-state index is 0.0207. The molecule has 364 valence electrons. The van der Waals surface area contributed by atoms with Gasteiger partial charge in [0.15, 0.2) is 5.96 Å². The molecule has 8 atom stereocenters. The summed E-state index contributed by atoms with van der Waals surface area (Å²) in [4.78, 5) is 106. The SMILES string of the molecule is CC[C@H](C)[C@@H](NC(C)=O)C(=O)N[C@H](Cc1c[nH]c2ccccc12)C(=O)N[C@H](CCCN=C(N)N)C(=O)N[C@@H](C(=O)N[C@H](CC(C)C)C(=O)N[C@H](Cc1c[nH]c2ccccc12)C(N)=O)[C@@H](C)CC. The van der Waals surface area contributed by atoms with Gasteiger partial charge in [-0.3, -0.25) is 38.6 Å². The van der Waals surface area contributed by atoms with E-state index in [0.29, 0.717) is 12.8 Å². The number of nitrogens with zero attached hydrogens (tertiary/aromatic N) is 1. The van der Waals surface area contributed by atoms with Gasteiger partial charge in [0.25, 0.3) is 0 Å². The molecule has 0 saturated carbocycles. The lowest BCUT2D eigenvalue weighted by molar-refractivity contribution is -0.136. The van der Waals surface area contributed by atoms with Crippen molar-refractivity contribution >= 4 is 69.1 Å². The van der Waals surface area contributed by atoms with E-state index in [1.54, 1.807) is 19.3 Å². The Bertz CT molecular complexity index is 2370. The van der Waals surface area contributed by atoms with Gasteiger partial charge in [-0.2, -0.15) is 0 Å². The number of aromatic nitrogens is 2. The molecule has 19 heteroatoms. The number of H-pyrrole nitrogens is 2. The molecule has 0 radical (unpaired) electrons. The number of nitrogens with two attached hydrogens (primary N) is 3. The third kappa shape index (κ3) is 15.3. The Morgan fingerprint density at radius 2 is 1.03 bits per heavy atom. The monoisotopic (exact) mass is 927 g/mol. The first-order valence-corrected chi connectivity index (χ1v) is 23.1. The summed E-state index contributed by atoms with van der Waals surface area (Å²) < 4.78 is 0. The van der Waals surface area contributed by atoms with Gasteiger partial charge in [-0.15, -0.1) is 0 Å². The second-order valence-corrected chi connectivity index (χ2v) is 17.8. The van der Waals surface area contributed by atoms with Gasteiger partial charge in [-0.1, -0.05) is 90.8 Å². The van der Waals surface area contributed by atoms with Crippen LogP contribution in [-0.4, -0.2) is 100 Å². The summed E-state index contributed by atoms with van der Waals surface area (Å²) in [6, 6.07) is 8.22. The Kier molecular flexibility index (Phi) is 19.8. The molecule has 0 aliphatic carbocycles. The van der Waals surface area contributed by atoms with E-state index in [0.717, 1.165) is 32.9 Å². The largest absolute Gasteiger partial charge is 0.370 e. The molecule has 0 bridgehead atoms. The maximum absolute atomic E-state index is 14.5. The molecule has 7 amide bonds. The van der Waals surface area contributed by atoms with Crippen LogP contribution in [0.3, 0.4) is 0 Å². The van der Waals surface area contributed by atoms with E-state index in [9.17, 15) is 33.6 Å². The Labute approximate surface area is 391 Å². The van der Waals surface area contributed by atoms with E-state index in [1.807, 2.05) is 83.1 Å². The Morgan fingerprint density at radius 3 is 1.52 bits per heavy atom. The van der Waals surface area contributed by atoms with E-state index in [-0.39, 0.29) is 56.4 Å². The predicted molar refractivity (Wildman–Crippen MR) is 259 cm³/mol. The van der Waals surface area contributed by atoms with Gasteiger partial charge in [0.1, 0.15) is 36.3 Å². The lowest BCUT2D eigenvalue weighted by Gasteiger charge is -2.30. The normalized spacial score (nSPS) is 14.9. The van der Waals surface area contributed by atoms with Crippen LogP contribution in [-0.2, 0) is 46.4 Å². The van der Waals surface area contributed by atoms with Gasteiger partial charge < -0.3 is 59.1 Å². The minimum Gasteiger partial charge on any atom is -0.370 e. The summed E-state index contributed by atoms with van der Waals surface area (Å²) >= 11 is 0. The van der Waals surface area contributed by atoms with E-state index in [4.69, 9.17) is 17.2 Å². The third-order valence-corrected chi connectivity index (χ3v) is 12.1. The maximum Gasteiger partial charge on any atom is 0.243 e. The van der Waals surface area contributed by atoms with Crippen molar-refractivity contribution < 1.29 is 33.6 Å². The molecular formula is C48H70N12O7. The third-order valence-electron chi connectivity index (χ3n) is 12.1. The molecule has 2 aromatic heterocycles. The van der Waals surface area contributed by atoms with E-state index < -0.39 is 83.5 Å². The molecule has 2 heterocycles. The molecule has 67 heavy (non-hydrogen) atoms. The fourth-order valence-corrected chi connectivity index (χ4v) is 7.89. The van der Waals surface area contributed by atoms with E-state index in [2.05, 4.69) is 46.9 Å². The average molecular weight is 927 g/mol. The van der Waals surface area contributed by atoms with Crippen molar-refractivity contribution in [3.63, 3.8) is 0 Å². The van der Waals surface area contributed by atoms with Crippen molar-refractivity contribution in [3.8, 4) is 0 Å². The molecule has 4 aromatic rings. The molecule has 2 aromatic carbocycles. The number of para-hydroxylation sites is 2. The number of guanidine groups is 1. The van der Waals surface area contributed by atoms with Crippen molar-refractivity contribution in [3.05, 3.63) is 72.1 Å². The first kappa shape index (κ1) is 52.7. The molecule has 0 aliphatic rings. The first-order chi connectivity index (χ1) is 31.8. The number of aromatic amines is 2. The Balaban J connectivity index is 1.60. The maximum atomic E-state index is 14.5. The molecule has 14 N–H and O–H groups in total. The molecule has 0 saturated heterocycles. The molecule has 0 spiro atoms. The predicted octanol–water partition coefficient (Wildman–Crippen LogP) is 2.04. The molecule has 0 aliphatic heterocycles. The van der Waals surface area contributed by atoms with Crippen molar-refractivity contribution in [1.29, 1.82) is 0 Å². The number of carbonyl (C=O) groups excluding carboxylic acids is 7. The van der Waals surface area contributed by atoms with Crippen LogP contribution < -0.4 is 49.1 Å². The highest BCUT2D eigenvalue weighted by Gasteiger charge is 2.36. The van der Waals surface area contributed by atoms with Crippen molar-refractivity contribution in [1.82, 2.24) is 41.9 Å². The highest BCUT2D eigenvalue weighted by molar-refractivity contribution is 5.98. The number of fused-ring (bicyclic) bond motifs is 2. The highest BCUT2D eigenvalue weighted by Crippen LogP contribution is 2.22. The van der Waals surface area contributed by atoms with Gasteiger partial charge in [0.05, 0.1) is 0 Å². The topological polar surface area (TPSA) is 314 Å². The summed E-state index contributed by atoms with van der Waals surface area (Å²) in [5.74, 6) is -5.38. The van der Waals surface area contributed by atoms with Crippen LogP contribution >= 0.6 is 0 Å². The fourth-order valence-electron chi connectivity index (χ4n) is 7.89. The lowest BCUT2D eigenvalue weighted by Crippen LogP contribution is -2.61. The molecule has 0 unspecified atom stereocenters. The molecule has 19 nitrogen and oxygen atoms in total. The minimum atomic E-state index is -1.25. The summed E-state index contributed by atoms with van der Waals surface area (Å²) in [6.07, 6.45) is 5.10. The number of amides is 7. The number of primary amides is 1. The summed E-state index contributed by atoms with van der Waals surface area (Å²) in [6.45, 7) is 12.5. The smallest absolute Gasteiger partial charge is 0.243 e. The molecule has 4 rings (SSSR count). The second kappa shape index (κ2) is 25.1. The van der Waals surface area contributed by atoms with E-state index in [1.165, 1.54) is 6.92 Å². The van der Waals surface area contributed by atoms with Crippen LogP contribution in [0.15, 0.2) is 65.9 Å². The quantitative estimate of drug-likeness (QED) is 0.0249. The zero-order valence-electron chi connectivity index (χ0n) is 39.7. The summed E-state index contributed by atoms with van der Waals surface area (Å²) in [5, 5.41) is 18.5. The Morgan fingerprint density at radius 1 is 0.582 bits per heavy atom. The van der Waals surface area contributed by atoms with Crippen LogP contribution in [0.4, 0.5) is 0 Å². The second-order valence-electron chi connectivity index (χ2n) is 17.8. The van der Waals surface area contributed by atoms with Gasteiger partial charge in [0, 0.05) is 60.5 Å². The zero-order valence-corrected chi connectivity index (χ0v) is 39.7. The van der Waals surface area contributed by atoms with Crippen LogP contribution in [0.5, 0.6) is 0 Å². The standard InChI is InChI=1S/C48H70N12O7/c1-8-27(5)40(55-29(7)61)46(66)59-39(23-31-25-54-35-18-13-11-16-33(31)35)45(65)56-36(19-14-20-52-48(50)51)43(63)60-41(28(6)9-2)47(67)58-38(21-26(3)4)44(64)57-37(42(49)62)22-30-24-53-34-17-12-10-15-32(30)34/h10-13,15-18,24-28,36-41,53-54H,8-9,14,19-23H2,1-7H3,(H2,49,62)(H,55,61)(H,56,65)(H,57,64)(H,58,67)(H,59,66)(H,60,63)(H4,50,51,52)/t27-,28-,36+,37+,38+,39+,40+,41+/m0/s1. The number of rotatable bonds is 26. The number of aliphatic imine (C=N–C) groups is 1. The Hall–Kier alpha value is -6.92. The van der Waals surface area contributed by atoms with Gasteiger partial charge >= 0.3 is 0 Å². The van der Waals surface area contributed by atoms with Crippen molar-refractivity contribution in [2.75, 3.05) is 6.54 Å². The van der Waals surface area contributed by atoms with Gasteiger partial charge in [-0.25, -0.2) is 0 Å². The summed E-state index contributed by atoms with van der Waals surface area (Å²) in [7, 11) is 0. The number of nitrogens with one attached hydrogen (secondary N) is 8. The number of carbonyl (C=O) groups is 7. The van der Waals surface area contributed by atoms with E-state index >= 15 is 0 Å². The highest BCUT2D eigenvalue weighted by atomic mass is 16.2. The number of benzene rings is 2. The first-order valence-electron chi connectivity index (χ1n) is 23.1.